The molecule has 2 aliphatic heterocycles. The van der Waals surface area contributed by atoms with E-state index in [9.17, 15) is 4.79 Å². The quantitative estimate of drug-likeness (QED) is 0.901. The van der Waals surface area contributed by atoms with Gasteiger partial charge in [0.2, 0.25) is 5.91 Å². The van der Waals surface area contributed by atoms with Crippen LogP contribution >= 0.6 is 0 Å². The summed E-state index contributed by atoms with van der Waals surface area (Å²) in [4.78, 5) is 12.7. The third-order valence-corrected chi connectivity index (χ3v) is 5.87. The van der Waals surface area contributed by atoms with Gasteiger partial charge in [-0.3, -0.25) is 9.48 Å². The molecule has 3 aliphatic rings. The van der Waals surface area contributed by atoms with E-state index in [0.29, 0.717) is 11.8 Å². The molecule has 1 unspecified atom stereocenters. The molecule has 2 fully saturated rings. The molecule has 120 valence electrons. The first-order valence-electron chi connectivity index (χ1n) is 8.58. The number of amides is 1. The van der Waals surface area contributed by atoms with Gasteiger partial charge in [-0.15, -0.1) is 0 Å². The highest BCUT2D eigenvalue weighted by molar-refractivity contribution is 5.88. The third-order valence-electron chi connectivity index (χ3n) is 5.87. The second-order valence-electron chi connectivity index (χ2n) is 7.76. The van der Waals surface area contributed by atoms with Crippen molar-refractivity contribution in [2.45, 2.75) is 32.4 Å². The van der Waals surface area contributed by atoms with E-state index in [1.807, 2.05) is 0 Å². The predicted molar refractivity (Wildman–Crippen MR) is 87.9 cm³/mol. The van der Waals surface area contributed by atoms with Gasteiger partial charge in [0.15, 0.2) is 0 Å². The summed E-state index contributed by atoms with van der Waals surface area (Å²) in [5.41, 5.74) is 3.16. The lowest BCUT2D eigenvalue weighted by Gasteiger charge is -2.25. The van der Waals surface area contributed by atoms with Gasteiger partial charge < -0.3 is 10.6 Å². The van der Waals surface area contributed by atoms with Crippen LogP contribution in [-0.2, 0) is 23.3 Å². The van der Waals surface area contributed by atoms with Crippen molar-refractivity contribution >= 4 is 16.8 Å². The first-order chi connectivity index (χ1) is 11.1. The molecule has 1 aliphatic carbocycles. The molecule has 0 bridgehead atoms. The number of nitrogens with one attached hydrogen (secondary N) is 2. The van der Waals surface area contributed by atoms with Crippen LogP contribution in [0.4, 0.5) is 0 Å². The zero-order chi connectivity index (χ0) is 15.8. The lowest BCUT2D eigenvalue weighted by molar-refractivity contribution is -0.124. The molecule has 1 aromatic carbocycles. The maximum Gasteiger partial charge on any atom is 0.224 e. The summed E-state index contributed by atoms with van der Waals surface area (Å²) < 4.78 is 2.10. The standard InChI is InChI=1S/C18H22N4O/c1-18(2,20-17(23)14-12-8-19-9-13(12)14)16-11-5-3-4-10-6-7-22(21-16)15(10)11/h3-5,12-14,19H,6-9H2,1-2H3,(H,20,23)/t12-,13+,14?. The number of piperidine rings is 1. The van der Waals surface area contributed by atoms with Crippen LogP contribution in [0.15, 0.2) is 18.2 Å². The number of aryl methyl sites for hydroxylation is 2. The molecular weight excluding hydrogens is 288 g/mol. The van der Waals surface area contributed by atoms with Crippen LogP contribution in [0.25, 0.3) is 10.9 Å². The maximum atomic E-state index is 12.7. The number of fused-ring (bicyclic) bond motifs is 1. The monoisotopic (exact) mass is 310 g/mol. The summed E-state index contributed by atoms with van der Waals surface area (Å²) in [5, 5.41) is 12.6. The first-order valence-corrected chi connectivity index (χ1v) is 8.58. The summed E-state index contributed by atoms with van der Waals surface area (Å²) in [6, 6.07) is 6.42. The number of carbonyl (C=O) groups excluding carboxylic acids is 1. The van der Waals surface area contributed by atoms with Crippen LogP contribution < -0.4 is 10.6 Å². The Kier molecular flexibility index (Phi) is 2.56. The van der Waals surface area contributed by atoms with E-state index in [2.05, 4.69) is 47.4 Å². The van der Waals surface area contributed by atoms with Crippen molar-refractivity contribution in [3.63, 3.8) is 0 Å². The summed E-state index contributed by atoms with van der Waals surface area (Å²) in [7, 11) is 0. The van der Waals surface area contributed by atoms with Crippen LogP contribution in [0.5, 0.6) is 0 Å². The summed E-state index contributed by atoms with van der Waals surface area (Å²) >= 11 is 0. The molecule has 1 amide bonds. The largest absolute Gasteiger partial charge is 0.345 e. The van der Waals surface area contributed by atoms with E-state index in [1.54, 1.807) is 0 Å². The van der Waals surface area contributed by atoms with Crippen LogP contribution in [0, 0.1) is 17.8 Å². The molecule has 5 rings (SSSR count). The van der Waals surface area contributed by atoms with E-state index in [-0.39, 0.29) is 11.8 Å². The van der Waals surface area contributed by atoms with Gasteiger partial charge in [0.1, 0.15) is 0 Å². The van der Waals surface area contributed by atoms with Crippen molar-refractivity contribution in [1.82, 2.24) is 20.4 Å². The fourth-order valence-electron chi connectivity index (χ4n) is 4.62. The Morgan fingerprint density at radius 3 is 2.91 bits per heavy atom. The Balaban J connectivity index is 1.46. The summed E-state index contributed by atoms with van der Waals surface area (Å²) in [5.74, 6) is 1.49. The topological polar surface area (TPSA) is 59.0 Å². The fourth-order valence-corrected chi connectivity index (χ4v) is 4.62. The smallest absolute Gasteiger partial charge is 0.224 e. The van der Waals surface area contributed by atoms with E-state index in [4.69, 9.17) is 5.10 Å². The molecule has 3 heterocycles. The fraction of sp³-hybridized carbons (Fsp3) is 0.556. The number of hydrogen-bond donors (Lipinski definition) is 2. The number of hydrogen-bond acceptors (Lipinski definition) is 3. The van der Waals surface area contributed by atoms with Gasteiger partial charge in [-0.1, -0.05) is 18.2 Å². The Bertz CT molecular complexity index is 812. The van der Waals surface area contributed by atoms with Crippen molar-refractivity contribution in [3.8, 4) is 0 Å². The second kappa shape index (κ2) is 4.35. The zero-order valence-electron chi connectivity index (χ0n) is 13.6. The van der Waals surface area contributed by atoms with Gasteiger partial charge in [0.25, 0.3) is 0 Å². The van der Waals surface area contributed by atoms with E-state index >= 15 is 0 Å². The number of carbonyl (C=O) groups is 1. The van der Waals surface area contributed by atoms with E-state index in [1.165, 1.54) is 16.5 Å². The highest BCUT2D eigenvalue weighted by Crippen LogP contribution is 2.49. The minimum atomic E-state index is -0.444. The van der Waals surface area contributed by atoms with Crippen LogP contribution in [0.2, 0.25) is 0 Å². The first kappa shape index (κ1) is 13.5. The number of benzene rings is 1. The maximum absolute atomic E-state index is 12.7. The SMILES string of the molecule is CC(C)(NC(=O)C1[C@H]2CNC[C@@H]12)c1nn2c3c(cccc13)CC2. The van der Waals surface area contributed by atoms with Gasteiger partial charge >= 0.3 is 0 Å². The van der Waals surface area contributed by atoms with E-state index in [0.717, 1.165) is 31.7 Å². The van der Waals surface area contributed by atoms with Gasteiger partial charge in [-0.25, -0.2) is 0 Å². The average molecular weight is 310 g/mol. The minimum absolute atomic E-state index is 0.197. The normalized spacial score (nSPS) is 28.2. The number of aromatic nitrogens is 2. The van der Waals surface area contributed by atoms with E-state index < -0.39 is 5.54 Å². The summed E-state index contributed by atoms with van der Waals surface area (Å²) in [6.07, 6.45) is 1.06. The second-order valence-corrected chi connectivity index (χ2v) is 7.76. The van der Waals surface area contributed by atoms with Gasteiger partial charge in [-0.05, 0) is 50.8 Å². The molecular formula is C18H22N4O. The molecule has 3 atom stereocenters. The third kappa shape index (κ3) is 1.83. The number of rotatable bonds is 3. The Morgan fingerprint density at radius 1 is 1.35 bits per heavy atom. The highest BCUT2D eigenvalue weighted by atomic mass is 16.2. The molecule has 1 aromatic heterocycles. The molecule has 0 spiro atoms. The van der Waals surface area contributed by atoms with Crippen LogP contribution in [0.3, 0.4) is 0 Å². The van der Waals surface area contributed by atoms with Crippen molar-refractivity contribution in [1.29, 1.82) is 0 Å². The Hall–Kier alpha value is -1.88. The van der Waals surface area contributed by atoms with Crippen molar-refractivity contribution in [3.05, 3.63) is 29.5 Å². The lowest BCUT2D eigenvalue weighted by Crippen LogP contribution is -2.43. The Morgan fingerprint density at radius 2 is 2.13 bits per heavy atom. The van der Waals surface area contributed by atoms with Crippen molar-refractivity contribution < 1.29 is 4.79 Å². The van der Waals surface area contributed by atoms with Crippen LogP contribution in [-0.4, -0.2) is 28.8 Å². The lowest BCUT2D eigenvalue weighted by atomic mass is 9.95. The number of nitrogens with zero attached hydrogens (tertiary/aromatic N) is 2. The molecule has 2 N–H and O–H groups in total. The molecule has 5 heteroatoms. The molecule has 5 nitrogen and oxygen atoms in total. The zero-order valence-corrected chi connectivity index (χ0v) is 13.6. The number of para-hydroxylation sites is 1. The van der Waals surface area contributed by atoms with Gasteiger partial charge in [-0.2, -0.15) is 5.10 Å². The molecule has 2 aromatic rings. The van der Waals surface area contributed by atoms with Crippen molar-refractivity contribution in [2.24, 2.45) is 17.8 Å². The minimum Gasteiger partial charge on any atom is -0.345 e. The summed E-state index contributed by atoms with van der Waals surface area (Å²) in [6.45, 7) is 7.07. The Labute approximate surface area is 135 Å². The van der Waals surface area contributed by atoms with Gasteiger partial charge in [0.05, 0.1) is 16.7 Å². The molecule has 1 saturated heterocycles. The molecule has 23 heavy (non-hydrogen) atoms. The molecule has 0 radical (unpaired) electrons. The van der Waals surface area contributed by atoms with Crippen LogP contribution in [0.1, 0.15) is 25.1 Å². The van der Waals surface area contributed by atoms with Gasteiger partial charge in [0, 0.05) is 17.8 Å². The molecule has 1 saturated carbocycles. The predicted octanol–water partition coefficient (Wildman–Crippen LogP) is 1.41. The highest BCUT2D eigenvalue weighted by Gasteiger charge is 2.57. The average Bonchev–Trinajstić information content (AvgIpc) is 2.95. The van der Waals surface area contributed by atoms with Crippen molar-refractivity contribution in [2.75, 3.05) is 13.1 Å².